The zero-order valence-electron chi connectivity index (χ0n) is 14.8. The van der Waals surface area contributed by atoms with Crippen LogP contribution >= 0.6 is 0 Å². The van der Waals surface area contributed by atoms with Gasteiger partial charge in [0.1, 0.15) is 0 Å². The summed E-state index contributed by atoms with van der Waals surface area (Å²) >= 11 is 0. The van der Waals surface area contributed by atoms with Gasteiger partial charge < -0.3 is 15.0 Å². The minimum atomic E-state index is 0.141. The number of carbonyl (C=O) groups excluding carboxylic acids is 1. The number of rotatable bonds is 7. The molecule has 25 heavy (non-hydrogen) atoms. The maximum atomic E-state index is 12.0. The Kier molecular flexibility index (Phi) is 6.96. The van der Waals surface area contributed by atoms with E-state index in [0.29, 0.717) is 6.42 Å². The van der Waals surface area contributed by atoms with E-state index in [-0.39, 0.29) is 5.91 Å². The summed E-state index contributed by atoms with van der Waals surface area (Å²) < 4.78 is 5.32. The Morgan fingerprint density at radius 3 is 2.40 bits per heavy atom. The molecule has 138 valence electrons. The molecule has 2 aliphatic heterocycles. The number of piperazine rings is 1. The second kappa shape index (κ2) is 9.65. The number of hydrogen-bond donors (Lipinski definition) is 1. The number of hydrogen-bond acceptors (Lipinski definition) is 7. The predicted octanol–water partition coefficient (Wildman–Crippen LogP) is -0.563. The molecular weight excluding hydrogens is 320 g/mol. The van der Waals surface area contributed by atoms with Crippen molar-refractivity contribution in [1.82, 2.24) is 25.1 Å². The molecule has 0 atom stereocenters. The zero-order chi connectivity index (χ0) is 17.3. The van der Waals surface area contributed by atoms with Crippen molar-refractivity contribution in [3.63, 3.8) is 0 Å². The first-order valence-electron chi connectivity index (χ1n) is 9.12. The van der Waals surface area contributed by atoms with Crippen LogP contribution in [0, 0.1) is 0 Å². The fourth-order valence-corrected chi connectivity index (χ4v) is 3.15. The smallest absolute Gasteiger partial charge is 0.225 e. The Morgan fingerprint density at radius 1 is 1.00 bits per heavy atom. The summed E-state index contributed by atoms with van der Waals surface area (Å²) in [4.78, 5) is 27.4. The molecule has 0 aromatic carbocycles. The number of anilines is 1. The van der Waals surface area contributed by atoms with Gasteiger partial charge in [0, 0.05) is 77.7 Å². The van der Waals surface area contributed by atoms with Crippen LogP contribution in [0.4, 0.5) is 5.95 Å². The molecule has 1 aromatic heterocycles. The average Bonchev–Trinajstić information content (AvgIpc) is 2.68. The molecule has 0 spiro atoms. The van der Waals surface area contributed by atoms with Crippen molar-refractivity contribution >= 4 is 11.9 Å². The highest BCUT2D eigenvalue weighted by molar-refractivity contribution is 5.76. The Hall–Kier alpha value is -1.77. The fourth-order valence-electron chi connectivity index (χ4n) is 3.15. The van der Waals surface area contributed by atoms with Crippen molar-refractivity contribution in [2.45, 2.75) is 6.42 Å². The monoisotopic (exact) mass is 348 g/mol. The molecule has 0 aliphatic carbocycles. The summed E-state index contributed by atoms with van der Waals surface area (Å²) in [6.07, 6.45) is 4.11. The second-order valence-electron chi connectivity index (χ2n) is 6.43. The van der Waals surface area contributed by atoms with E-state index in [0.717, 1.165) is 78.1 Å². The topological polar surface area (TPSA) is 73.8 Å². The Labute approximate surface area is 149 Å². The minimum Gasteiger partial charge on any atom is -0.379 e. The Bertz CT molecular complexity index is 515. The third kappa shape index (κ3) is 5.91. The van der Waals surface area contributed by atoms with Crippen molar-refractivity contribution in [1.29, 1.82) is 0 Å². The standard InChI is InChI=1S/C17H28N6O2/c24-16(18-5-7-22-12-14-25-15-13-22)2-6-21-8-10-23(11-9-21)17-19-3-1-4-20-17/h1,3-4H,2,5-15H2,(H,18,24). The van der Waals surface area contributed by atoms with Crippen LogP contribution in [-0.2, 0) is 9.53 Å². The van der Waals surface area contributed by atoms with Gasteiger partial charge in [-0.25, -0.2) is 9.97 Å². The number of aromatic nitrogens is 2. The largest absolute Gasteiger partial charge is 0.379 e. The number of nitrogens with one attached hydrogen (secondary N) is 1. The predicted molar refractivity (Wildman–Crippen MR) is 95.6 cm³/mol. The van der Waals surface area contributed by atoms with Gasteiger partial charge in [-0.3, -0.25) is 14.6 Å². The average molecular weight is 348 g/mol. The van der Waals surface area contributed by atoms with E-state index in [2.05, 4.69) is 30.0 Å². The molecule has 8 nitrogen and oxygen atoms in total. The molecule has 2 aliphatic rings. The molecule has 2 saturated heterocycles. The van der Waals surface area contributed by atoms with E-state index in [4.69, 9.17) is 4.74 Å². The summed E-state index contributed by atoms with van der Waals surface area (Å²) in [6, 6.07) is 1.83. The van der Waals surface area contributed by atoms with Gasteiger partial charge in [0.05, 0.1) is 13.2 Å². The van der Waals surface area contributed by atoms with Crippen LogP contribution in [0.1, 0.15) is 6.42 Å². The lowest BCUT2D eigenvalue weighted by atomic mass is 10.3. The van der Waals surface area contributed by atoms with Crippen LogP contribution in [0.5, 0.6) is 0 Å². The van der Waals surface area contributed by atoms with Crippen LogP contribution in [0.25, 0.3) is 0 Å². The van der Waals surface area contributed by atoms with Crippen LogP contribution in [-0.4, -0.2) is 97.8 Å². The van der Waals surface area contributed by atoms with E-state index < -0.39 is 0 Å². The summed E-state index contributed by atoms with van der Waals surface area (Å²) in [5.41, 5.74) is 0. The molecular formula is C17H28N6O2. The molecule has 1 amide bonds. The van der Waals surface area contributed by atoms with Gasteiger partial charge >= 0.3 is 0 Å². The Balaban J connectivity index is 1.27. The molecule has 0 radical (unpaired) electrons. The van der Waals surface area contributed by atoms with E-state index in [9.17, 15) is 4.79 Å². The molecule has 1 aromatic rings. The highest BCUT2D eigenvalue weighted by atomic mass is 16.5. The zero-order valence-corrected chi connectivity index (χ0v) is 14.8. The second-order valence-corrected chi connectivity index (χ2v) is 6.43. The molecule has 1 N–H and O–H groups in total. The number of nitrogens with zero attached hydrogens (tertiary/aromatic N) is 5. The fraction of sp³-hybridized carbons (Fsp3) is 0.706. The molecule has 0 bridgehead atoms. The highest BCUT2D eigenvalue weighted by Gasteiger charge is 2.19. The van der Waals surface area contributed by atoms with Crippen molar-refractivity contribution in [3.8, 4) is 0 Å². The van der Waals surface area contributed by atoms with Crippen LogP contribution in [0.3, 0.4) is 0 Å². The van der Waals surface area contributed by atoms with Crippen molar-refractivity contribution in [3.05, 3.63) is 18.5 Å². The molecule has 2 fully saturated rings. The lowest BCUT2D eigenvalue weighted by Gasteiger charge is -2.34. The molecule has 0 saturated carbocycles. The SMILES string of the molecule is O=C(CCN1CCN(c2ncccn2)CC1)NCCN1CCOCC1. The van der Waals surface area contributed by atoms with Gasteiger partial charge in [0.25, 0.3) is 0 Å². The van der Waals surface area contributed by atoms with Gasteiger partial charge in [-0.05, 0) is 6.07 Å². The third-order valence-electron chi connectivity index (χ3n) is 4.72. The van der Waals surface area contributed by atoms with E-state index >= 15 is 0 Å². The van der Waals surface area contributed by atoms with Crippen LogP contribution in [0.15, 0.2) is 18.5 Å². The summed E-state index contributed by atoms with van der Waals surface area (Å²) in [5, 5.41) is 3.03. The molecule has 0 unspecified atom stereocenters. The van der Waals surface area contributed by atoms with Gasteiger partial charge in [0.2, 0.25) is 11.9 Å². The number of ether oxygens (including phenoxy) is 1. The minimum absolute atomic E-state index is 0.141. The van der Waals surface area contributed by atoms with Gasteiger partial charge in [-0.1, -0.05) is 0 Å². The summed E-state index contributed by atoms with van der Waals surface area (Å²) in [7, 11) is 0. The summed E-state index contributed by atoms with van der Waals surface area (Å²) in [6.45, 7) is 9.66. The van der Waals surface area contributed by atoms with Crippen molar-refractivity contribution in [2.24, 2.45) is 0 Å². The number of morpholine rings is 1. The first-order chi connectivity index (χ1) is 12.3. The molecule has 3 rings (SSSR count). The highest BCUT2D eigenvalue weighted by Crippen LogP contribution is 2.09. The van der Waals surface area contributed by atoms with Gasteiger partial charge in [0.15, 0.2) is 0 Å². The van der Waals surface area contributed by atoms with Crippen molar-refractivity contribution in [2.75, 3.05) is 77.0 Å². The number of carbonyl (C=O) groups is 1. The maximum Gasteiger partial charge on any atom is 0.225 e. The Morgan fingerprint density at radius 2 is 1.68 bits per heavy atom. The third-order valence-corrected chi connectivity index (χ3v) is 4.72. The van der Waals surface area contributed by atoms with Gasteiger partial charge in [-0.2, -0.15) is 0 Å². The van der Waals surface area contributed by atoms with E-state index in [1.807, 2.05) is 6.07 Å². The number of amides is 1. The lowest BCUT2D eigenvalue weighted by Crippen LogP contribution is -2.48. The molecule has 8 heteroatoms. The van der Waals surface area contributed by atoms with E-state index in [1.165, 1.54) is 0 Å². The summed E-state index contributed by atoms with van der Waals surface area (Å²) in [5.74, 6) is 0.935. The van der Waals surface area contributed by atoms with Crippen LogP contribution < -0.4 is 10.2 Å². The maximum absolute atomic E-state index is 12.0. The first-order valence-corrected chi connectivity index (χ1v) is 9.12. The van der Waals surface area contributed by atoms with Crippen LogP contribution in [0.2, 0.25) is 0 Å². The lowest BCUT2D eigenvalue weighted by molar-refractivity contribution is -0.121. The normalized spacial score (nSPS) is 19.8. The first kappa shape index (κ1) is 18.0. The molecule has 3 heterocycles. The quantitative estimate of drug-likeness (QED) is 0.708. The van der Waals surface area contributed by atoms with Crippen molar-refractivity contribution < 1.29 is 9.53 Å². The van der Waals surface area contributed by atoms with E-state index in [1.54, 1.807) is 12.4 Å². The van der Waals surface area contributed by atoms with Gasteiger partial charge in [-0.15, -0.1) is 0 Å².